The van der Waals surface area contributed by atoms with Gasteiger partial charge in [-0.1, -0.05) is 0 Å². The van der Waals surface area contributed by atoms with E-state index in [0.717, 1.165) is 0 Å². The van der Waals surface area contributed by atoms with E-state index in [1.807, 2.05) is 6.92 Å². The van der Waals surface area contributed by atoms with Gasteiger partial charge >= 0.3 is 0 Å². The van der Waals surface area contributed by atoms with Gasteiger partial charge in [-0.15, -0.1) is 0 Å². The lowest BCUT2D eigenvalue weighted by molar-refractivity contribution is 0.0537. The van der Waals surface area contributed by atoms with Gasteiger partial charge in [0.05, 0.1) is 4.90 Å². The number of ether oxygens (including phenoxy) is 1. The van der Waals surface area contributed by atoms with E-state index in [1.54, 1.807) is 7.05 Å². The minimum atomic E-state index is -3.68. The standard InChI is InChI=1S/C14H21FN2O3S/c1-14(5-7-20-8-6-14)17-21(18,19)12-3-4-13(15)11(9-12)10-16-2/h3-4,9,16-17H,5-8,10H2,1-2H3. The minimum absolute atomic E-state index is 0.0851. The number of nitrogens with one attached hydrogen (secondary N) is 2. The molecule has 0 saturated carbocycles. The molecule has 2 N–H and O–H groups in total. The smallest absolute Gasteiger partial charge is 0.241 e. The molecule has 21 heavy (non-hydrogen) atoms. The topological polar surface area (TPSA) is 67.4 Å². The third kappa shape index (κ3) is 4.00. The van der Waals surface area contributed by atoms with Crippen LogP contribution in [0, 0.1) is 5.82 Å². The Morgan fingerprint density at radius 1 is 1.33 bits per heavy atom. The maximum absolute atomic E-state index is 13.6. The summed E-state index contributed by atoms with van der Waals surface area (Å²) in [6, 6.07) is 3.85. The Hall–Kier alpha value is -1.02. The second kappa shape index (κ2) is 6.39. The van der Waals surface area contributed by atoms with Crippen LogP contribution in [0.3, 0.4) is 0 Å². The predicted molar refractivity (Wildman–Crippen MR) is 77.9 cm³/mol. The molecule has 0 aromatic heterocycles. The van der Waals surface area contributed by atoms with E-state index in [-0.39, 0.29) is 11.4 Å². The molecule has 1 fully saturated rings. The molecule has 1 heterocycles. The summed E-state index contributed by atoms with van der Waals surface area (Å²) >= 11 is 0. The van der Waals surface area contributed by atoms with Crippen LogP contribution in [0.2, 0.25) is 0 Å². The zero-order valence-corrected chi connectivity index (χ0v) is 13.1. The third-order valence-electron chi connectivity index (χ3n) is 3.67. The maximum Gasteiger partial charge on any atom is 0.241 e. The van der Waals surface area contributed by atoms with Crippen molar-refractivity contribution in [2.24, 2.45) is 0 Å². The average molecular weight is 316 g/mol. The van der Waals surface area contributed by atoms with Gasteiger partial charge in [0.15, 0.2) is 0 Å². The molecule has 5 nitrogen and oxygen atoms in total. The van der Waals surface area contributed by atoms with Gasteiger partial charge in [-0.25, -0.2) is 17.5 Å². The van der Waals surface area contributed by atoms with Gasteiger partial charge in [-0.05, 0) is 45.0 Å². The number of rotatable bonds is 5. The second-order valence-corrected chi connectivity index (χ2v) is 7.24. The summed E-state index contributed by atoms with van der Waals surface area (Å²) in [5, 5.41) is 2.82. The van der Waals surface area contributed by atoms with Crippen LogP contribution in [-0.2, 0) is 21.3 Å². The van der Waals surface area contributed by atoms with Gasteiger partial charge in [0.25, 0.3) is 0 Å². The van der Waals surface area contributed by atoms with Gasteiger partial charge in [0.1, 0.15) is 5.82 Å². The van der Waals surface area contributed by atoms with E-state index in [0.29, 0.717) is 31.6 Å². The molecule has 1 aliphatic heterocycles. The fourth-order valence-electron chi connectivity index (χ4n) is 2.35. The van der Waals surface area contributed by atoms with Gasteiger partial charge in [-0.2, -0.15) is 0 Å². The Morgan fingerprint density at radius 3 is 2.62 bits per heavy atom. The van der Waals surface area contributed by atoms with Crippen molar-refractivity contribution < 1.29 is 17.5 Å². The van der Waals surface area contributed by atoms with Crippen molar-refractivity contribution in [3.05, 3.63) is 29.6 Å². The summed E-state index contributed by atoms with van der Waals surface area (Å²) in [6.45, 7) is 3.21. The Labute approximate surface area is 124 Å². The SMILES string of the molecule is CNCc1cc(S(=O)(=O)NC2(C)CCOCC2)ccc1F. The largest absolute Gasteiger partial charge is 0.381 e. The molecule has 7 heteroatoms. The number of hydrogen-bond acceptors (Lipinski definition) is 4. The first-order chi connectivity index (χ1) is 9.86. The molecule has 0 bridgehead atoms. The zero-order chi connectivity index (χ0) is 15.5. The summed E-state index contributed by atoms with van der Waals surface area (Å²) in [6.07, 6.45) is 1.24. The monoisotopic (exact) mass is 316 g/mol. The first-order valence-corrected chi connectivity index (χ1v) is 8.39. The average Bonchev–Trinajstić information content (AvgIpc) is 2.41. The highest BCUT2D eigenvalue weighted by atomic mass is 32.2. The molecular formula is C14H21FN2O3S. The van der Waals surface area contributed by atoms with Crippen molar-refractivity contribution in [3.8, 4) is 0 Å². The van der Waals surface area contributed by atoms with Crippen LogP contribution in [-0.4, -0.2) is 34.2 Å². The molecule has 0 unspecified atom stereocenters. The van der Waals surface area contributed by atoms with E-state index in [2.05, 4.69) is 10.0 Å². The zero-order valence-electron chi connectivity index (χ0n) is 12.3. The highest BCUT2D eigenvalue weighted by Crippen LogP contribution is 2.23. The van der Waals surface area contributed by atoms with Gasteiger partial charge in [0, 0.05) is 30.9 Å². The number of halogens is 1. The molecule has 1 aromatic carbocycles. The summed E-state index contributed by atoms with van der Waals surface area (Å²) in [7, 11) is -1.99. The molecule has 1 saturated heterocycles. The number of hydrogen-bond donors (Lipinski definition) is 2. The van der Waals surface area contributed by atoms with Crippen LogP contribution in [0.5, 0.6) is 0 Å². The van der Waals surface area contributed by atoms with E-state index in [1.165, 1.54) is 18.2 Å². The van der Waals surface area contributed by atoms with Crippen LogP contribution < -0.4 is 10.0 Å². The van der Waals surface area contributed by atoms with Crippen LogP contribution >= 0.6 is 0 Å². The number of sulfonamides is 1. The van der Waals surface area contributed by atoms with Gasteiger partial charge < -0.3 is 10.1 Å². The summed E-state index contributed by atoms with van der Waals surface area (Å²) < 4.78 is 46.5. The third-order valence-corrected chi connectivity index (χ3v) is 5.31. The maximum atomic E-state index is 13.6. The molecule has 0 radical (unpaired) electrons. The molecule has 118 valence electrons. The fraction of sp³-hybridized carbons (Fsp3) is 0.571. The van der Waals surface area contributed by atoms with Crippen molar-refractivity contribution in [2.75, 3.05) is 20.3 Å². The van der Waals surface area contributed by atoms with Crippen molar-refractivity contribution in [1.82, 2.24) is 10.0 Å². The summed E-state index contributed by atoms with van der Waals surface area (Å²) in [5.41, 5.74) is -0.188. The molecular weight excluding hydrogens is 295 g/mol. The molecule has 0 atom stereocenters. The predicted octanol–water partition coefficient (Wildman–Crippen LogP) is 1.39. The fourth-order valence-corrected chi connectivity index (χ4v) is 3.87. The lowest BCUT2D eigenvalue weighted by Crippen LogP contribution is -2.49. The van der Waals surface area contributed by atoms with Gasteiger partial charge in [0.2, 0.25) is 10.0 Å². The normalized spacial score (nSPS) is 18.6. The van der Waals surface area contributed by atoms with Crippen LogP contribution in [0.4, 0.5) is 4.39 Å². The first-order valence-electron chi connectivity index (χ1n) is 6.91. The lowest BCUT2D eigenvalue weighted by atomic mass is 9.94. The van der Waals surface area contributed by atoms with E-state index in [9.17, 15) is 12.8 Å². The summed E-state index contributed by atoms with van der Waals surface area (Å²) in [4.78, 5) is 0.0851. The Bertz CT molecular complexity index is 598. The van der Waals surface area contributed by atoms with Crippen LogP contribution in [0.1, 0.15) is 25.3 Å². The molecule has 1 aromatic rings. The van der Waals surface area contributed by atoms with Crippen molar-refractivity contribution in [2.45, 2.75) is 36.7 Å². The quantitative estimate of drug-likeness (QED) is 0.861. The van der Waals surface area contributed by atoms with Crippen molar-refractivity contribution >= 4 is 10.0 Å². The van der Waals surface area contributed by atoms with Crippen LogP contribution in [0.25, 0.3) is 0 Å². The molecule has 0 aliphatic carbocycles. The first kappa shape index (κ1) is 16.4. The van der Waals surface area contributed by atoms with E-state index >= 15 is 0 Å². The Morgan fingerprint density at radius 2 is 2.00 bits per heavy atom. The molecule has 1 aliphatic rings. The number of benzene rings is 1. The highest BCUT2D eigenvalue weighted by molar-refractivity contribution is 7.89. The van der Waals surface area contributed by atoms with E-state index < -0.39 is 21.4 Å². The highest BCUT2D eigenvalue weighted by Gasteiger charge is 2.32. The Balaban J connectivity index is 2.24. The van der Waals surface area contributed by atoms with Crippen LogP contribution in [0.15, 0.2) is 23.1 Å². The molecule has 0 spiro atoms. The van der Waals surface area contributed by atoms with Crippen molar-refractivity contribution in [3.63, 3.8) is 0 Å². The lowest BCUT2D eigenvalue weighted by Gasteiger charge is -2.34. The Kier molecular flexibility index (Phi) is 4.98. The summed E-state index contributed by atoms with van der Waals surface area (Å²) in [5.74, 6) is -0.416. The minimum Gasteiger partial charge on any atom is -0.381 e. The van der Waals surface area contributed by atoms with Crippen molar-refractivity contribution in [1.29, 1.82) is 0 Å². The molecule has 0 amide bonds. The second-order valence-electron chi connectivity index (χ2n) is 5.56. The van der Waals surface area contributed by atoms with E-state index in [4.69, 9.17) is 4.74 Å². The van der Waals surface area contributed by atoms with Gasteiger partial charge in [-0.3, -0.25) is 0 Å². The molecule has 2 rings (SSSR count).